The highest BCUT2D eigenvalue weighted by molar-refractivity contribution is 5.80. The number of aromatic nitrogens is 1. The Labute approximate surface area is 138 Å². The summed E-state index contributed by atoms with van der Waals surface area (Å²) in [6.07, 6.45) is 1.65. The molecule has 0 radical (unpaired) electrons. The van der Waals surface area contributed by atoms with Crippen LogP contribution in [0.5, 0.6) is 0 Å². The van der Waals surface area contributed by atoms with Gasteiger partial charge in [0.25, 0.3) is 0 Å². The van der Waals surface area contributed by atoms with Gasteiger partial charge in [-0.3, -0.25) is 4.79 Å². The van der Waals surface area contributed by atoms with Crippen molar-refractivity contribution in [2.75, 3.05) is 13.2 Å². The van der Waals surface area contributed by atoms with Gasteiger partial charge in [-0.1, -0.05) is 19.1 Å². The molecule has 1 aromatic heterocycles. The van der Waals surface area contributed by atoms with Crippen molar-refractivity contribution in [3.8, 4) is 5.69 Å². The van der Waals surface area contributed by atoms with Crippen LogP contribution in [0.2, 0.25) is 0 Å². The Morgan fingerprint density at radius 1 is 1.04 bits per heavy atom. The SMILES string of the molecule is CC(CO)(CO)c1ccc(-n2ccc(=O)c3cc(F)ccc32)cc1. The molecule has 0 atom stereocenters. The molecule has 2 N–H and O–H groups in total. The normalized spacial score (nSPS) is 11.8. The van der Waals surface area contributed by atoms with Gasteiger partial charge >= 0.3 is 0 Å². The highest BCUT2D eigenvalue weighted by Crippen LogP contribution is 2.25. The molecule has 2 aromatic carbocycles. The summed E-state index contributed by atoms with van der Waals surface area (Å²) in [6, 6.07) is 12.9. The molecule has 1 heterocycles. The predicted molar refractivity (Wildman–Crippen MR) is 91.0 cm³/mol. The molecular formula is C19H18FNO3. The van der Waals surface area contributed by atoms with Crippen molar-refractivity contribution in [3.05, 3.63) is 76.3 Å². The number of hydrogen-bond acceptors (Lipinski definition) is 3. The van der Waals surface area contributed by atoms with Gasteiger partial charge in [-0.2, -0.15) is 0 Å². The van der Waals surface area contributed by atoms with Crippen molar-refractivity contribution in [1.29, 1.82) is 0 Å². The number of halogens is 1. The average molecular weight is 327 g/mol. The van der Waals surface area contributed by atoms with Crippen LogP contribution >= 0.6 is 0 Å². The summed E-state index contributed by atoms with van der Waals surface area (Å²) in [6.45, 7) is 1.45. The molecule has 0 unspecified atom stereocenters. The van der Waals surface area contributed by atoms with E-state index in [1.165, 1.54) is 18.2 Å². The lowest BCUT2D eigenvalue weighted by molar-refractivity contribution is 0.129. The van der Waals surface area contributed by atoms with Crippen LogP contribution in [-0.4, -0.2) is 28.0 Å². The minimum absolute atomic E-state index is 0.164. The van der Waals surface area contributed by atoms with Crippen molar-refractivity contribution < 1.29 is 14.6 Å². The van der Waals surface area contributed by atoms with Crippen LogP contribution < -0.4 is 5.43 Å². The zero-order chi connectivity index (χ0) is 17.3. The predicted octanol–water partition coefficient (Wildman–Crippen LogP) is 2.37. The third-order valence-corrected chi connectivity index (χ3v) is 4.40. The number of hydrogen-bond donors (Lipinski definition) is 2. The molecule has 0 saturated carbocycles. The number of aliphatic hydroxyl groups is 2. The number of aliphatic hydroxyl groups excluding tert-OH is 2. The van der Waals surface area contributed by atoms with Gasteiger partial charge in [0.1, 0.15) is 5.82 Å². The van der Waals surface area contributed by atoms with E-state index in [2.05, 4.69) is 0 Å². The number of rotatable bonds is 4. The van der Waals surface area contributed by atoms with Gasteiger partial charge in [0.15, 0.2) is 5.43 Å². The van der Waals surface area contributed by atoms with E-state index in [1.807, 2.05) is 24.3 Å². The first-order valence-electron chi connectivity index (χ1n) is 7.62. The summed E-state index contributed by atoms with van der Waals surface area (Å²) >= 11 is 0. The molecule has 0 aliphatic rings. The number of pyridine rings is 1. The van der Waals surface area contributed by atoms with E-state index in [0.29, 0.717) is 10.9 Å². The van der Waals surface area contributed by atoms with Crippen LogP contribution in [-0.2, 0) is 5.41 Å². The van der Waals surface area contributed by atoms with E-state index in [-0.39, 0.29) is 18.6 Å². The number of fused-ring (bicyclic) bond motifs is 1. The molecule has 124 valence electrons. The quantitative estimate of drug-likeness (QED) is 0.773. The summed E-state index contributed by atoms with van der Waals surface area (Å²) in [5, 5.41) is 19.3. The molecule has 24 heavy (non-hydrogen) atoms. The van der Waals surface area contributed by atoms with Gasteiger partial charge in [0.2, 0.25) is 0 Å². The molecule has 4 nitrogen and oxygen atoms in total. The number of benzene rings is 2. The van der Waals surface area contributed by atoms with Gasteiger partial charge in [0, 0.05) is 28.8 Å². The minimum atomic E-state index is -0.715. The van der Waals surface area contributed by atoms with Gasteiger partial charge in [-0.25, -0.2) is 4.39 Å². The summed E-state index contributed by atoms with van der Waals surface area (Å²) in [7, 11) is 0. The van der Waals surface area contributed by atoms with Crippen molar-refractivity contribution in [3.63, 3.8) is 0 Å². The Morgan fingerprint density at radius 2 is 1.71 bits per heavy atom. The standard InChI is InChI=1S/C19H18FNO3/c1-19(11-22,12-23)13-2-5-15(6-3-13)21-9-8-18(24)16-10-14(20)4-7-17(16)21/h2-10,22-23H,11-12H2,1H3. The van der Waals surface area contributed by atoms with Crippen LogP contribution in [0.4, 0.5) is 4.39 Å². The highest BCUT2D eigenvalue weighted by Gasteiger charge is 2.24. The maximum Gasteiger partial charge on any atom is 0.189 e. The van der Waals surface area contributed by atoms with Crippen LogP contribution in [0.3, 0.4) is 0 Å². The van der Waals surface area contributed by atoms with Gasteiger partial charge in [-0.15, -0.1) is 0 Å². The smallest absolute Gasteiger partial charge is 0.189 e. The van der Waals surface area contributed by atoms with E-state index >= 15 is 0 Å². The molecule has 0 saturated heterocycles. The molecule has 0 aliphatic heterocycles. The lowest BCUT2D eigenvalue weighted by Gasteiger charge is -2.25. The molecular weight excluding hydrogens is 309 g/mol. The highest BCUT2D eigenvalue weighted by atomic mass is 19.1. The molecule has 3 rings (SSSR count). The van der Waals surface area contributed by atoms with Crippen molar-refractivity contribution >= 4 is 10.9 Å². The maximum atomic E-state index is 13.4. The van der Waals surface area contributed by atoms with E-state index in [1.54, 1.807) is 23.8 Å². The average Bonchev–Trinajstić information content (AvgIpc) is 2.62. The van der Waals surface area contributed by atoms with Crippen molar-refractivity contribution in [2.45, 2.75) is 12.3 Å². The molecule has 0 amide bonds. The zero-order valence-electron chi connectivity index (χ0n) is 13.2. The van der Waals surface area contributed by atoms with Crippen molar-refractivity contribution in [1.82, 2.24) is 4.57 Å². The number of nitrogens with zero attached hydrogens (tertiary/aromatic N) is 1. The van der Waals surface area contributed by atoms with Crippen LogP contribution in [0.25, 0.3) is 16.6 Å². The second kappa shape index (κ2) is 6.19. The molecule has 5 heteroatoms. The third kappa shape index (κ3) is 2.72. The first-order valence-corrected chi connectivity index (χ1v) is 7.62. The van der Waals surface area contributed by atoms with E-state index in [4.69, 9.17) is 0 Å². The lowest BCUT2D eigenvalue weighted by Crippen LogP contribution is -2.30. The lowest BCUT2D eigenvalue weighted by atomic mass is 9.84. The fraction of sp³-hybridized carbons (Fsp3) is 0.211. The first kappa shape index (κ1) is 16.4. The molecule has 3 aromatic rings. The van der Waals surface area contributed by atoms with Crippen LogP contribution in [0.15, 0.2) is 59.5 Å². The van der Waals surface area contributed by atoms with E-state index < -0.39 is 11.2 Å². The van der Waals surface area contributed by atoms with Crippen LogP contribution in [0.1, 0.15) is 12.5 Å². The Kier molecular flexibility index (Phi) is 4.22. The second-order valence-electron chi connectivity index (χ2n) is 6.14. The largest absolute Gasteiger partial charge is 0.395 e. The summed E-state index contributed by atoms with van der Waals surface area (Å²) in [5.41, 5.74) is 1.28. The Morgan fingerprint density at radius 3 is 2.33 bits per heavy atom. The maximum absolute atomic E-state index is 13.4. The first-order chi connectivity index (χ1) is 11.5. The van der Waals surface area contributed by atoms with E-state index in [9.17, 15) is 19.4 Å². The van der Waals surface area contributed by atoms with Crippen molar-refractivity contribution in [2.24, 2.45) is 0 Å². The second-order valence-corrected chi connectivity index (χ2v) is 6.14. The third-order valence-electron chi connectivity index (χ3n) is 4.40. The molecule has 0 fully saturated rings. The van der Waals surface area contributed by atoms with Gasteiger partial charge < -0.3 is 14.8 Å². The Balaban J connectivity index is 2.12. The van der Waals surface area contributed by atoms with Gasteiger partial charge in [0.05, 0.1) is 18.7 Å². The zero-order valence-corrected chi connectivity index (χ0v) is 13.2. The summed E-state index contributed by atoms with van der Waals surface area (Å²) < 4.78 is 15.2. The fourth-order valence-corrected chi connectivity index (χ4v) is 2.71. The Hall–Kier alpha value is -2.50. The fourth-order valence-electron chi connectivity index (χ4n) is 2.71. The van der Waals surface area contributed by atoms with Gasteiger partial charge in [-0.05, 0) is 35.9 Å². The Bertz CT molecular complexity index is 927. The molecule has 0 spiro atoms. The molecule has 0 bridgehead atoms. The monoisotopic (exact) mass is 327 g/mol. The van der Waals surface area contributed by atoms with Crippen LogP contribution in [0, 0.1) is 5.82 Å². The minimum Gasteiger partial charge on any atom is -0.395 e. The topological polar surface area (TPSA) is 62.5 Å². The molecule has 0 aliphatic carbocycles. The summed E-state index contributed by atoms with van der Waals surface area (Å²) in [5.74, 6) is -0.450. The van der Waals surface area contributed by atoms with E-state index in [0.717, 1.165) is 11.3 Å². The summed E-state index contributed by atoms with van der Waals surface area (Å²) in [4.78, 5) is 11.9.